The average molecular weight is 1130 g/mol. The second-order valence-electron chi connectivity index (χ2n) is 19.0. The number of thiophene rings is 1. The molecule has 4 radical (unpaired) electrons. The number of nitrogens with zero attached hydrogens (tertiary/aromatic N) is 3. The first kappa shape index (κ1) is 43.5. The van der Waals surface area contributed by atoms with Crippen molar-refractivity contribution in [2.24, 2.45) is 11.3 Å². The topological polar surface area (TPSA) is 38.7 Å². The third-order valence-electron chi connectivity index (χ3n) is 12.0. The molecule has 1 fully saturated rings. The van der Waals surface area contributed by atoms with Crippen molar-refractivity contribution in [3.05, 3.63) is 151 Å². The monoisotopic (exact) mass is 1130 g/mol. The van der Waals surface area contributed by atoms with Crippen LogP contribution in [-0.4, -0.2) is 44.7 Å². The molecule has 0 saturated heterocycles. The Labute approximate surface area is 401 Å². The van der Waals surface area contributed by atoms with Crippen LogP contribution in [0.25, 0.3) is 65.2 Å². The van der Waals surface area contributed by atoms with Gasteiger partial charge < -0.3 is 4.98 Å². The Hall–Kier alpha value is -3.71. The van der Waals surface area contributed by atoms with Crippen molar-refractivity contribution < 1.29 is 22.8 Å². The molecule has 316 valence electrons. The summed E-state index contributed by atoms with van der Waals surface area (Å²) >= 11 is 1.55. The number of pyridine rings is 3. The van der Waals surface area contributed by atoms with Crippen molar-refractivity contribution >= 4 is 70.2 Å². The maximum absolute atomic E-state index is 8.80. The van der Waals surface area contributed by atoms with Crippen LogP contribution in [0.4, 0.5) is 0 Å². The molecule has 9 rings (SSSR count). The molecule has 7 heteroatoms. The molecular weight excluding hydrogens is 1070 g/mol. The van der Waals surface area contributed by atoms with Gasteiger partial charge in [0, 0.05) is 37.3 Å². The molecular formula is C55H56Ge2IrN3S-2. The number of aromatic nitrogens is 3. The summed E-state index contributed by atoms with van der Waals surface area (Å²) in [6.45, 7) is 10.7. The van der Waals surface area contributed by atoms with Gasteiger partial charge in [0.25, 0.3) is 0 Å². The van der Waals surface area contributed by atoms with E-state index in [9.17, 15) is 0 Å². The van der Waals surface area contributed by atoms with Gasteiger partial charge in [-0.3, -0.25) is 0 Å². The normalized spacial score (nSPS) is 14.2. The van der Waals surface area contributed by atoms with E-state index < -0.39 is 25.1 Å². The summed E-state index contributed by atoms with van der Waals surface area (Å²) in [6.07, 6.45) is 7.83. The van der Waals surface area contributed by atoms with Crippen LogP contribution in [-0.2, 0) is 31.9 Å². The van der Waals surface area contributed by atoms with E-state index in [4.69, 9.17) is 12.7 Å². The largest absolute Gasteiger partial charge is 0 e. The molecule has 0 amide bonds. The second-order valence-corrected chi connectivity index (χ2v) is 31.8. The van der Waals surface area contributed by atoms with Crippen LogP contribution in [0.15, 0.2) is 128 Å². The molecule has 1 aliphatic carbocycles. The molecule has 1 aliphatic rings. The first-order valence-corrected chi connectivity index (χ1v) is 30.7. The van der Waals surface area contributed by atoms with E-state index in [0.29, 0.717) is 0 Å². The van der Waals surface area contributed by atoms with E-state index in [0.717, 1.165) is 58.9 Å². The molecule has 4 aromatic carbocycles. The molecule has 8 aromatic rings. The number of hydrogen-bond donors (Lipinski definition) is 0. The Bertz CT molecular complexity index is 2900. The fraction of sp³-hybridized carbons (Fsp3) is 0.291. The van der Waals surface area contributed by atoms with E-state index in [2.05, 4.69) is 139 Å². The number of fused-ring (bicyclic) bond motifs is 3. The maximum Gasteiger partial charge on any atom is 0 e. The van der Waals surface area contributed by atoms with Crippen LogP contribution in [0.2, 0.25) is 17.3 Å². The molecule has 0 N–H and O–H groups in total. The zero-order chi connectivity index (χ0) is 44.7. The minimum absolute atomic E-state index is 0. The molecule has 0 spiro atoms. The fourth-order valence-corrected chi connectivity index (χ4v) is 13.3. The zero-order valence-corrected chi connectivity index (χ0v) is 44.5. The molecule has 0 atom stereocenters. The SMILES string of the molecule is CC(C)(c1ccnc(-c2[c-]cc(-c3ccccc3)c3c2sc2nc(-c4ccccc4)ccc23)c1)C1CCCC1.[2H]C([2H])(c1cc(-c2[c-]cc[c]([Ge])c2)nc[c]1[Ge]([CH3])([CH3])[CH3])C(C)(C)C.[Ir]. The maximum atomic E-state index is 8.80. The molecule has 0 bridgehead atoms. The molecule has 3 nitrogen and oxygen atoms in total. The van der Waals surface area contributed by atoms with Gasteiger partial charge in [-0.2, -0.15) is 11.3 Å². The molecule has 1 saturated carbocycles. The van der Waals surface area contributed by atoms with Crippen LogP contribution in [0, 0.1) is 23.5 Å². The Morgan fingerprint density at radius 2 is 1.48 bits per heavy atom. The summed E-state index contributed by atoms with van der Waals surface area (Å²) in [5, 5.41) is 2.43. The van der Waals surface area contributed by atoms with Crippen LogP contribution < -0.4 is 8.79 Å². The van der Waals surface area contributed by atoms with Gasteiger partial charge in [-0.25, -0.2) is 4.98 Å². The minimum atomic E-state index is -2.25. The number of rotatable bonds is 8. The fourth-order valence-electron chi connectivity index (χ4n) is 8.68. The van der Waals surface area contributed by atoms with E-state index in [1.807, 2.05) is 73.9 Å². The quantitative estimate of drug-likeness (QED) is 0.112. The predicted octanol–water partition coefficient (Wildman–Crippen LogP) is 13.6. The first-order valence-electron chi connectivity index (χ1n) is 22.5. The van der Waals surface area contributed by atoms with Crippen molar-refractivity contribution in [3.8, 4) is 44.9 Å². The van der Waals surface area contributed by atoms with Gasteiger partial charge >= 0.3 is 149 Å². The van der Waals surface area contributed by atoms with E-state index >= 15 is 0 Å². The molecule has 0 unspecified atom stereocenters. The van der Waals surface area contributed by atoms with Crippen molar-refractivity contribution in [1.82, 2.24) is 15.0 Å². The molecule has 4 heterocycles. The van der Waals surface area contributed by atoms with Gasteiger partial charge in [-0.15, -0.1) is 17.7 Å². The van der Waals surface area contributed by atoms with Gasteiger partial charge in [-0.05, 0) is 52.3 Å². The van der Waals surface area contributed by atoms with Gasteiger partial charge in [0.1, 0.15) is 4.83 Å². The van der Waals surface area contributed by atoms with Gasteiger partial charge in [0.15, 0.2) is 0 Å². The second kappa shape index (κ2) is 19.2. The van der Waals surface area contributed by atoms with Crippen LogP contribution in [0.3, 0.4) is 0 Å². The third-order valence-corrected chi connectivity index (χ3v) is 18.0. The Balaban J connectivity index is 0.000000212. The van der Waals surface area contributed by atoms with E-state index in [1.54, 1.807) is 11.3 Å². The van der Waals surface area contributed by atoms with Crippen molar-refractivity contribution in [2.45, 2.75) is 89.4 Å². The predicted molar refractivity (Wildman–Crippen MR) is 265 cm³/mol. The Kier molecular flexibility index (Phi) is 13.5. The van der Waals surface area contributed by atoms with Gasteiger partial charge in [0.05, 0.1) is 5.69 Å². The minimum Gasteiger partial charge on any atom is 0 e. The number of hydrogen-bond acceptors (Lipinski definition) is 4. The summed E-state index contributed by atoms with van der Waals surface area (Å²) in [4.78, 5) is 15.7. The van der Waals surface area contributed by atoms with Crippen molar-refractivity contribution in [1.29, 1.82) is 0 Å². The Morgan fingerprint density at radius 1 is 0.790 bits per heavy atom. The van der Waals surface area contributed by atoms with Crippen molar-refractivity contribution in [2.75, 3.05) is 0 Å². The average Bonchev–Trinajstić information content (AvgIpc) is 3.96. The van der Waals surface area contributed by atoms with Crippen LogP contribution in [0.5, 0.6) is 0 Å². The molecule has 4 aromatic heterocycles. The summed E-state index contributed by atoms with van der Waals surface area (Å²) in [5.74, 6) is 7.59. The van der Waals surface area contributed by atoms with Crippen molar-refractivity contribution in [3.63, 3.8) is 0 Å². The molecule has 62 heavy (non-hydrogen) atoms. The summed E-state index contributed by atoms with van der Waals surface area (Å²) in [5.41, 5.74) is 10.1. The summed E-state index contributed by atoms with van der Waals surface area (Å²) in [6, 6.07) is 47.0. The van der Waals surface area contributed by atoms with E-state index in [-0.39, 0.29) is 25.5 Å². The number of benzene rings is 4. The van der Waals surface area contributed by atoms with Crippen LogP contribution >= 0.6 is 11.3 Å². The summed E-state index contributed by atoms with van der Waals surface area (Å²) < 4.78 is 21.1. The summed E-state index contributed by atoms with van der Waals surface area (Å²) in [7, 11) is 0. The third kappa shape index (κ3) is 10.3. The zero-order valence-electron chi connectivity index (χ0n) is 39.1. The van der Waals surface area contributed by atoms with Crippen LogP contribution in [0.1, 0.15) is 74.2 Å². The standard InChI is InChI=1S/C36H31N2S.C19H25Ge2N.Ir/c1-36(2,26-15-9-10-16-26)27-21-22-37-32(23-27)29-18-17-28(24-11-5-3-6-12-24)33-30-19-20-31(25-13-7-4-8-14-25)38-35(30)39-34(29)33;1-19(2,3)12-15-11-18(14-8-7-9-16(20)10-14)22-13-17(15)21(4,5)6;/h3-8,11-14,17,19-23,26H,9-10,15-16H2,1-2H3;7,9-11,13H,12H2,1-6H3;/q2*-1;/i;12D2;. The smallest absolute Gasteiger partial charge is 0 e. The van der Waals surface area contributed by atoms with E-state index in [1.165, 1.54) is 57.8 Å². The van der Waals surface area contributed by atoms with Gasteiger partial charge in [-0.1, -0.05) is 116 Å². The first-order chi connectivity index (χ1) is 29.9. The Morgan fingerprint density at radius 3 is 2.15 bits per heavy atom. The molecule has 0 aliphatic heterocycles. The van der Waals surface area contributed by atoms with Gasteiger partial charge in [0.2, 0.25) is 0 Å².